The van der Waals surface area contributed by atoms with Crippen LogP contribution in [0.5, 0.6) is 11.6 Å². The summed E-state index contributed by atoms with van der Waals surface area (Å²) in [5.74, 6) is 1.38. The van der Waals surface area contributed by atoms with Crippen molar-refractivity contribution in [3.05, 3.63) is 70.2 Å². The fourth-order valence-electron chi connectivity index (χ4n) is 3.86. The van der Waals surface area contributed by atoms with Crippen molar-refractivity contribution in [2.45, 2.75) is 19.3 Å². The number of nitriles is 1. The normalized spacial score (nSPS) is 18.6. The number of aromatic amines is 2. The zero-order valence-electron chi connectivity index (χ0n) is 15.6. The molecule has 1 fully saturated rings. The summed E-state index contributed by atoms with van der Waals surface area (Å²) < 4.78 is 6.68. The SMILES string of the molecule is N#Cc1nn(-c2cc(Cl)c(Oc3n[nH]c(=O)c4c3CC3CC3C4)c(Cl)c2)c(=O)[nH]c1=O. The van der Waals surface area contributed by atoms with Gasteiger partial charge in [-0.15, -0.1) is 10.2 Å². The Morgan fingerprint density at radius 2 is 1.77 bits per heavy atom. The van der Waals surface area contributed by atoms with Gasteiger partial charge in [0.15, 0.2) is 5.75 Å². The molecule has 2 aliphatic rings. The van der Waals surface area contributed by atoms with Crippen molar-refractivity contribution in [3.63, 3.8) is 0 Å². The predicted octanol–water partition coefficient (Wildman–Crippen LogP) is 1.71. The van der Waals surface area contributed by atoms with E-state index in [1.165, 1.54) is 12.1 Å². The number of aromatic nitrogens is 5. The van der Waals surface area contributed by atoms with Crippen molar-refractivity contribution < 1.29 is 4.74 Å². The number of rotatable bonds is 3. The number of benzene rings is 1. The van der Waals surface area contributed by atoms with Gasteiger partial charge in [0, 0.05) is 11.1 Å². The lowest BCUT2D eigenvalue weighted by atomic mass is 9.94. The maximum atomic E-state index is 12.2. The molecule has 156 valence electrons. The summed E-state index contributed by atoms with van der Waals surface area (Å²) in [6.07, 6.45) is 2.47. The second kappa shape index (κ2) is 7.08. The summed E-state index contributed by atoms with van der Waals surface area (Å²) in [6.45, 7) is 0. The fraction of sp³-hybridized carbons (Fsp3) is 0.263. The third kappa shape index (κ3) is 3.32. The highest BCUT2D eigenvalue weighted by atomic mass is 35.5. The molecule has 0 saturated heterocycles. The van der Waals surface area contributed by atoms with E-state index in [2.05, 4.69) is 15.3 Å². The Morgan fingerprint density at radius 3 is 2.45 bits per heavy atom. The first kappa shape index (κ1) is 19.5. The number of nitrogens with zero attached hydrogens (tertiary/aromatic N) is 4. The summed E-state index contributed by atoms with van der Waals surface area (Å²) in [6, 6.07) is 4.31. The molecule has 31 heavy (non-hydrogen) atoms. The Morgan fingerprint density at radius 1 is 1.10 bits per heavy atom. The molecule has 0 bridgehead atoms. The first-order valence-electron chi connectivity index (χ1n) is 9.27. The molecular formula is C19H12Cl2N6O4. The number of halogens is 2. The van der Waals surface area contributed by atoms with Crippen LogP contribution in [0.25, 0.3) is 5.69 Å². The molecule has 2 N–H and O–H groups in total. The lowest BCUT2D eigenvalue weighted by Crippen LogP contribution is -2.33. The molecule has 2 atom stereocenters. The van der Waals surface area contributed by atoms with Crippen LogP contribution >= 0.6 is 23.2 Å². The van der Waals surface area contributed by atoms with Crippen LogP contribution in [0.3, 0.4) is 0 Å². The number of H-pyrrole nitrogens is 2. The predicted molar refractivity (Wildman–Crippen MR) is 109 cm³/mol. The molecule has 0 amide bonds. The fourth-order valence-corrected chi connectivity index (χ4v) is 4.41. The van der Waals surface area contributed by atoms with Crippen LogP contribution in [0.1, 0.15) is 23.2 Å². The van der Waals surface area contributed by atoms with Gasteiger partial charge in [-0.1, -0.05) is 23.2 Å². The highest BCUT2D eigenvalue weighted by Crippen LogP contribution is 2.49. The molecule has 12 heteroatoms. The van der Waals surface area contributed by atoms with E-state index in [-0.39, 0.29) is 32.9 Å². The number of hydrogen-bond acceptors (Lipinski definition) is 7. The van der Waals surface area contributed by atoms with E-state index < -0.39 is 16.9 Å². The quantitative estimate of drug-likeness (QED) is 0.606. The minimum Gasteiger partial charge on any atom is -0.434 e. The Hall–Kier alpha value is -3.42. The molecule has 10 nitrogen and oxygen atoms in total. The van der Waals surface area contributed by atoms with Crippen LogP contribution in [0.15, 0.2) is 26.5 Å². The number of hydrogen-bond donors (Lipinski definition) is 2. The molecular weight excluding hydrogens is 447 g/mol. The first-order chi connectivity index (χ1) is 14.9. The minimum absolute atomic E-state index is 0.0442. The zero-order chi connectivity index (χ0) is 21.9. The second-order valence-corrected chi connectivity index (χ2v) is 8.27. The summed E-state index contributed by atoms with van der Waals surface area (Å²) in [4.78, 5) is 37.8. The molecule has 2 aliphatic carbocycles. The molecule has 0 aliphatic heterocycles. The van der Waals surface area contributed by atoms with Crippen molar-refractivity contribution in [3.8, 4) is 23.4 Å². The van der Waals surface area contributed by atoms with Crippen molar-refractivity contribution in [1.29, 1.82) is 5.26 Å². The average Bonchev–Trinajstić information content (AvgIpc) is 3.49. The second-order valence-electron chi connectivity index (χ2n) is 7.45. The average molecular weight is 459 g/mol. The van der Waals surface area contributed by atoms with Crippen LogP contribution in [-0.4, -0.2) is 25.0 Å². The number of ether oxygens (including phenoxy) is 1. The summed E-state index contributed by atoms with van der Waals surface area (Å²) in [7, 11) is 0. The van der Waals surface area contributed by atoms with Gasteiger partial charge >= 0.3 is 5.69 Å². The van der Waals surface area contributed by atoms with Crippen molar-refractivity contribution in [2.24, 2.45) is 11.8 Å². The van der Waals surface area contributed by atoms with E-state index >= 15 is 0 Å². The monoisotopic (exact) mass is 458 g/mol. The Balaban J connectivity index is 1.55. The molecule has 1 saturated carbocycles. The Bertz CT molecular complexity index is 1440. The lowest BCUT2D eigenvalue weighted by Gasteiger charge is -2.18. The van der Waals surface area contributed by atoms with Gasteiger partial charge in [-0.2, -0.15) is 9.94 Å². The maximum absolute atomic E-state index is 12.2. The molecule has 2 heterocycles. The van der Waals surface area contributed by atoms with E-state index in [9.17, 15) is 14.4 Å². The van der Waals surface area contributed by atoms with Gasteiger partial charge in [-0.3, -0.25) is 14.6 Å². The number of fused-ring (bicyclic) bond motifs is 2. The first-order valence-corrected chi connectivity index (χ1v) is 10.0. The molecule has 5 rings (SSSR count). The van der Waals surface area contributed by atoms with Crippen LogP contribution in [0.2, 0.25) is 10.0 Å². The highest BCUT2D eigenvalue weighted by molar-refractivity contribution is 6.37. The van der Waals surface area contributed by atoms with E-state index in [0.717, 1.165) is 16.7 Å². The third-order valence-corrected chi connectivity index (χ3v) is 6.08. The van der Waals surface area contributed by atoms with Gasteiger partial charge in [-0.05, 0) is 43.2 Å². The van der Waals surface area contributed by atoms with Crippen LogP contribution in [-0.2, 0) is 12.8 Å². The van der Waals surface area contributed by atoms with Crippen molar-refractivity contribution in [1.82, 2.24) is 25.0 Å². The van der Waals surface area contributed by atoms with E-state index in [0.29, 0.717) is 30.2 Å². The largest absolute Gasteiger partial charge is 0.434 e. The van der Waals surface area contributed by atoms with E-state index in [1.807, 2.05) is 4.98 Å². The minimum atomic E-state index is -0.896. The van der Waals surface area contributed by atoms with E-state index in [4.69, 9.17) is 33.2 Å². The topological polar surface area (TPSA) is 147 Å². The van der Waals surface area contributed by atoms with Crippen LogP contribution < -0.4 is 21.5 Å². The van der Waals surface area contributed by atoms with Crippen LogP contribution in [0.4, 0.5) is 0 Å². The van der Waals surface area contributed by atoms with Gasteiger partial charge in [-0.25, -0.2) is 9.89 Å². The number of nitrogens with one attached hydrogen (secondary N) is 2. The molecule has 0 radical (unpaired) electrons. The van der Waals surface area contributed by atoms with Crippen molar-refractivity contribution in [2.75, 3.05) is 0 Å². The molecule has 2 aromatic heterocycles. The standard InChI is InChI=1S/C19H12Cl2N6O4/c20-12-4-9(27-19(30)23-17(29)14(6-22)26-27)5-13(21)15(12)31-18-11-3-8-1-7(8)2-10(11)16(28)24-25-18/h4-5,7-8H,1-3H2,(H,24,28)(H,23,29,30). The summed E-state index contributed by atoms with van der Waals surface area (Å²) in [5, 5.41) is 19.3. The molecule has 2 unspecified atom stereocenters. The van der Waals surface area contributed by atoms with Gasteiger partial charge in [0.2, 0.25) is 11.6 Å². The summed E-state index contributed by atoms with van der Waals surface area (Å²) in [5.41, 5.74) is -0.937. The van der Waals surface area contributed by atoms with Crippen molar-refractivity contribution >= 4 is 23.2 Å². The maximum Gasteiger partial charge on any atom is 0.349 e. The van der Waals surface area contributed by atoms with Crippen LogP contribution in [0, 0.1) is 23.2 Å². The lowest BCUT2D eigenvalue weighted by molar-refractivity contribution is 0.438. The Kier molecular flexibility index (Phi) is 4.46. The summed E-state index contributed by atoms with van der Waals surface area (Å²) >= 11 is 12.7. The third-order valence-electron chi connectivity index (χ3n) is 5.52. The molecule has 0 spiro atoms. The van der Waals surface area contributed by atoms with Gasteiger partial charge < -0.3 is 4.74 Å². The molecule has 3 aromatic rings. The molecule has 1 aromatic carbocycles. The van der Waals surface area contributed by atoms with Gasteiger partial charge in [0.1, 0.15) is 6.07 Å². The highest BCUT2D eigenvalue weighted by Gasteiger charge is 2.43. The van der Waals surface area contributed by atoms with Gasteiger partial charge in [0.05, 0.1) is 15.7 Å². The zero-order valence-corrected chi connectivity index (χ0v) is 17.1. The van der Waals surface area contributed by atoms with E-state index in [1.54, 1.807) is 6.07 Å². The smallest absolute Gasteiger partial charge is 0.349 e. The van der Waals surface area contributed by atoms with Gasteiger partial charge in [0.25, 0.3) is 11.1 Å². The Labute approximate surface area is 183 Å².